The Balaban J connectivity index is 1.17. The van der Waals surface area contributed by atoms with E-state index in [2.05, 4.69) is 30.8 Å². The number of anilines is 4. The van der Waals surface area contributed by atoms with Gasteiger partial charge in [0.2, 0.25) is 11.9 Å². The Bertz CT molecular complexity index is 1210. The highest BCUT2D eigenvalue weighted by molar-refractivity contribution is 5.99. The molecule has 0 bridgehead atoms. The Morgan fingerprint density at radius 3 is 2.83 bits per heavy atom. The molecular formula is C27H32N6O3. The molecule has 36 heavy (non-hydrogen) atoms. The van der Waals surface area contributed by atoms with Gasteiger partial charge in [0, 0.05) is 36.7 Å². The highest BCUT2D eigenvalue weighted by atomic mass is 16.5. The molecular weight excluding hydrogens is 456 g/mol. The zero-order valence-corrected chi connectivity index (χ0v) is 20.5. The normalized spacial score (nSPS) is 14.9. The molecule has 3 N–H and O–H groups in total. The van der Waals surface area contributed by atoms with Crippen molar-refractivity contribution >= 4 is 29.0 Å². The van der Waals surface area contributed by atoms with Crippen molar-refractivity contribution in [3.63, 3.8) is 0 Å². The Morgan fingerprint density at radius 2 is 1.97 bits per heavy atom. The number of hydrogen-bond acceptors (Lipinski definition) is 8. The number of amides is 1. The molecule has 0 unspecified atom stereocenters. The van der Waals surface area contributed by atoms with E-state index in [9.17, 15) is 4.79 Å². The van der Waals surface area contributed by atoms with Crippen LogP contribution >= 0.6 is 0 Å². The first kappa shape index (κ1) is 23.9. The topological polar surface area (TPSA) is 101 Å². The van der Waals surface area contributed by atoms with Gasteiger partial charge in [-0.05, 0) is 67.7 Å². The van der Waals surface area contributed by atoms with Crippen molar-refractivity contribution < 1.29 is 14.3 Å². The molecule has 9 heteroatoms. The number of carbonyl (C=O) groups is 1. The number of ether oxygens (including phenoxy) is 2. The summed E-state index contributed by atoms with van der Waals surface area (Å²) in [5.74, 6) is 2.62. The van der Waals surface area contributed by atoms with Crippen molar-refractivity contribution in [1.82, 2.24) is 14.9 Å². The molecule has 1 fully saturated rings. The van der Waals surface area contributed by atoms with Crippen LogP contribution in [0.15, 0.2) is 48.7 Å². The summed E-state index contributed by atoms with van der Waals surface area (Å²) in [5.41, 5.74) is 3.82. The number of methoxy groups -OCH3 is 1. The van der Waals surface area contributed by atoms with Gasteiger partial charge in [0.25, 0.3) is 0 Å². The number of hydrogen-bond donors (Lipinski definition) is 3. The maximum atomic E-state index is 11.6. The predicted molar refractivity (Wildman–Crippen MR) is 140 cm³/mol. The number of benzene rings is 2. The van der Waals surface area contributed by atoms with E-state index in [-0.39, 0.29) is 5.91 Å². The van der Waals surface area contributed by atoms with Crippen molar-refractivity contribution in [2.24, 2.45) is 0 Å². The minimum absolute atomic E-state index is 0.0378. The van der Waals surface area contributed by atoms with Crippen molar-refractivity contribution in [1.29, 1.82) is 0 Å². The molecule has 2 aromatic carbocycles. The van der Waals surface area contributed by atoms with Crippen LogP contribution in [0.4, 0.5) is 23.1 Å². The second-order valence-electron chi connectivity index (χ2n) is 9.08. The summed E-state index contributed by atoms with van der Waals surface area (Å²) in [6.07, 6.45) is 5.72. The monoisotopic (exact) mass is 488 g/mol. The van der Waals surface area contributed by atoms with Gasteiger partial charge in [0.05, 0.1) is 20.1 Å². The first-order chi connectivity index (χ1) is 17.7. The van der Waals surface area contributed by atoms with Crippen LogP contribution in [-0.4, -0.2) is 54.1 Å². The quantitative estimate of drug-likeness (QED) is 0.345. The van der Waals surface area contributed by atoms with E-state index in [4.69, 9.17) is 9.47 Å². The minimum Gasteiger partial charge on any atom is -0.493 e. The van der Waals surface area contributed by atoms with Gasteiger partial charge in [-0.15, -0.1) is 0 Å². The third-order valence-corrected chi connectivity index (χ3v) is 6.42. The zero-order chi connectivity index (χ0) is 24.7. The van der Waals surface area contributed by atoms with Gasteiger partial charge in [-0.3, -0.25) is 4.79 Å². The minimum atomic E-state index is 0.0378. The number of likely N-dealkylation sites (tertiary alicyclic amines) is 1. The van der Waals surface area contributed by atoms with Crippen molar-refractivity contribution in [3.8, 4) is 11.5 Å². The lowest BCUT2D eigenvalue weighted by Crippen LogP contribution is -2.21. The largest absolute Gasteiger partial charge is 0.493 e. The highest BCUT2D eigenvalue weighted by Crippen LogP contribution is 2.31. The lowest BCUT2D eigenvalue weighted by atomic mass is 10.1. The summed E-state index contributed by atoms with van der Waals surface area (Å²) < 4.78 is 11.5. The lowest BCUT2D eigenvalue weighted by molar-refractivity contribution is -0.115. The van der Waals surface area contributed by atoms with Crippen LogP contribution in [0.1, 0.15) is 30.4 Å². The maximum Gasteiger partial charge on any atom is 0.229 e. The van der Waals surface area contributed by atoms with Crippen molar-refractivity contribution in [2.75, 3.05) is 49.3 Å². The molecule has 3 heterocycles. The van der Waals surface area contributed by atoms with Crippen LogP contribution in [0.25, 0.3) is 0 Å². The second kappa shape index (κ2) is 11.3. The summed E-state index contributed by atoms with van der Waals surface area (Å²) in [5, 5.41) is 9.45. The molecule has 1 saturated heterocycles. The molecule has 2 aliphatic heterocycles. The van der Waals surface area contributed by atoms with E-state index in [1.54, 1.807) is 13.3 Å². The van der Waals surface area contributed by atoms with Crippen LogP contribution in [0.3, 0.4) is 0 Å². The summed E-state index contributed by atoms with van der Waals surface area (Å²) in [6, 6.07) is 13.5. The third kappa shape index (κ3) is 6.04. The summed E-state index contributed by atoms with van der Waals surface area (Å²) in [4.78, 5) is 23.0. The van der Waals surface area contributed by atoms with Gasteiger partial charge >= 0.3 is 0 Å². The number of nitrogens with one attached hydrogen (secondary N) is 3. The van der Waals surface area contributed by atoms with Crippen LogP contribution in [0.2, 0.25) is 0 Å². The molecule has 0 spiro atoms. The molecule has 9 nitrogen and oxygen atoms in total. The second-order valence-corrected chi connectivity index (χ2v) is 9.08. The van der Waals surface area contributed by atoms with Crippen LogP contribution in [-0.2, 0) is 17.8 Å². The Morgan fingerprint density at radius 1 is 1.08 bits per heavy atom. The van der Waals surface area contributed by atoms with Crippen LogP contribution in [0, 0.1) is 0 Å². The Kier molecular flexibility index (Phi) is 7.47. The molecule has 1 amide bonds. The standard InChI is InChI=1S/C27H32N6O3/c1-35-23-8-6-21(17-24(23)36-14-4-13-33-11-2-3-12-33)30-27-28-10-9-25(32-27)29-18-19-5-7-22-20(15-19)16-26(34)31-22/h5-10,15,17H,2-4,11-14,16,18H2,1H3,(H,31,34)(H2,28,29,30,32). The van der Waals surface area contributed by atoms with E-state index >= 15 is 0 Å². The molecule has 1 aromatic heterocycles. The average molecular weight is 489 g/mol. The van der Waals surface area contributed by atoms with Crippen LogP contribution < -0.4 is 25.4 Å². The lowest BCUT2D eigenvalue weighted by Gasteiger charge is -2.16. The van der Waals surface area contributed by atoms with Crippen molar-refractivity contribution in [3.05, 3.63) is 59.8 Å². The third-order valence-electron chi connectivity index (χ3n) is 6.42. The van der Waals surface area contributed by atoms with E-state index < -0.39 is 0 Å². The maximum absolute atomic E-state index is 11.6. The van der Waals surface area contributed by atoms with Gasteiger partial charge in [0.15, 0.2) is 11.5 Å². The van der Waals surface area contributed by atoms with Gasteiger partial charge in [-0.25, -0.2) is 4.98 Å². The van der Waals surface area contributed by atoms with Gasteiger partial charge in [0.1, 0.15) is 5.82 Å². The van der Waals surface area contributed by atoms with Gasteiger partial charge in [-0.2, -0.15) is 4.98 Å². The fraction of sp³-hybridized carbons (Fsp3) is 0.370. The number of nitrogens with zero attached hydrogens (tertiary/aromatic N) is 3. The van der Waals surface area contributed by atoms with E-state index in [0.29, 0.717) is 42.8 Å². The number of rotatable bonds is 11. The van der Waals surface area contributed by atoms with Gasteiger partial charge in [-0.1, -0.05) is 12.1 Å². The first-order valence-corrected chi connectivity index (χ1v) is 12.4. The van der Waals surface area contributed by atoms with Gasteiger partial charge < -0.3 is 30.3 Å². The highest BCUT2D eigenvalue weighted by Gasteiger charge is 2.17. The SMILES string of the molecule is COc1ccc(Nc2nccc(NCc3ccc4c(c3)CC(=O)N4)n2)cc1OCCCN1CCCC1. The fourth-order valence-corrected chi connectivity index (χ4v) is 4.58. The Labute approximate surface area is 211 Å². The first-order valence-electron chi connectivity index (χ1n) is 12.4. The number of fused-ring (bicyclic) bond motifs is 1. The van der Waals surface area contributed by atoms with Crippen molar-refractivity contribution in [2.45, 2.75) is 32.2 Å². The van der Waals surface area contributed by atoms with E-state index in [0.717, 1.165) is 35.5 Å². The predicted octanol–water partition coefficient (Wildman–Crippen LogP) is 4.20. The summed E-state index contributed by atoms with van der Waals surface area (Å²) in [6.45, 7) is 4.69. The van der Waals surface area contributed by atoms with Crippen LogP contribution in [0.5, 0.6) is 11.5 Å². The smallest absolute Gasteiger partial charge is 0.229 e. The number of carbonyl (C=O) groups excluding carboxylic acids is 1. The van der Waals surface area contributed by atoms with E-state index in [1.165, 1.54) is 25.9 Å². The zero-order valence-electron chi connectivity index (χ0n) is 20.5. The summed E-state index contributed by atoms with van der Waals surface area (Å²) >= 11 is 0. The molecule has 5 rings (SSSR count). The summed E-state index contributed by atoms with van der Waals surface area (Å²) in [7, 11) is 1.65. The Hall–Kier alpha value is -3.85. The van der Waals surface area contributed by atoms with E-state index in [1.807, 2.05) is 42.5 Å². The fourth-order valence-electron chi connectivity index (χ4n) is 4.58. The number of aromatic nitrogens is 2. The molecule has 3 aromatic rings. The molecule has 2 aliphatic rings. The molecule has 0 atom stereocenters. The molecule has 0 saturated carbocycles. The molecule has 0 aliphatic carbocycles. The average Bonchev–Trinajstić information content (AvgIpc) is 3.54. The molecule has 188 valence electrons. The molecule has 0 radical (unpaired) electrons.